The number of nitrogens with zero attached hydrogens (tertiary/aromatic N) is 1. The molecule has 1 aliphatic heterocycles. The van der Waals surface area contributed by atoms with E-state index in [0.717, 1.165) is 0 Å². The predicted octanol–water partition coefficient (Wildman–Crippen LogP) is -1.16. The summed E-state index contributed by atoms with van der Waals surface area (Å²) in [4.78, 5) is 35.1. The minimum atomic E-state index is -0.640. The topological polar surface area (TPSA) is 92.5 Å². The van der Waals surface area contributed by atoms with Crippen LogP contribution in [0.4, 0.5) is 0 Å². The summed E-state index contributed by atoms with van der Waals surface area (Å²) < 4.78 is 0. The number of imide groups is 1. The maximum absolute atomic E-state index is 11.8. The van der Waals surface area contributed by atoms with Crippen LogP contribution in [0.3, 0.4) is 0 Å². The number of carbonyl (C=O) groups excluding carboxylic acids is 3. The van der Waals surface area contributed by atoms with Gasteiger partial charge in [0.1, 0.15) is 13.1 Å². The molecule has 0 aromatic carbocycles. The van der Waals surface area contributed by atoms with Gasteiger partial charge in [-0.05, 0) is 12.3 Å². The molecule has 1 rings (SSSR count). The molecule has 1 atom stereocenters. The third-order valence-corrected chi connectivity index (χ3v) is 2.30. The zero-order chi connectivity index (χ0) is 12.3. The fourth-order valence-electron chi connectivity index (χ4n) is 1.64. The maximum Gasteiger partial charge on any atom is 0.246 e. The molecule has 1 unspecified atom stereocenters. The van der Waals surface area contributed by atoms with Crippen LogP contribution in [0.5, 0.6) is 0 Å². The van der Waals surface area contributed by atoms with E-state index in [2.05, 4.69) is 5.32 Å². The molecule has 0 bridgehead atoms. The van der Waals surface area contributed by atoms with Gasteiger partial charge in [0, 0.05) is 0 Å². The number of nitrogens with two attached hydrogens (primary N) is 1. The monoisotopic (exact) mass is 227 g/mol. The van der Waals surface area contributed by atoms with E-state index >= 15 is 0 Å². The van der Waals surface area contributed by atoms with Crippen molar-refractivity contribution >= 4 is 17.7 Å². The summed E-state index contributed by atoms with van der Waals surface area (Å²) >= 11 is 0. The highest BCUT2D eigenvalue weighted by Crippen LogP contribution is 2.06. The van der Waals surface area contributed by atoms with Gasteiger partial charge in [0.25, 0.3) is 0 Å². The van der Waals surface area contributed by atoms with Crippen molar-refractivity contribution < 1.29 is 14.4 Å². The Kier molecular flexibility index (Phi) is 4.00. The number of carbonyl (C=O) groups is 3. The minimum absolute atomic E-state index is 0.0869. The van der Waals surface area contributed by atoms with E-state index in [1.807, 2.05) is 13.8 Å². The van der Waals surface area contributed by atoms with Crippen molar-refractivity contribution in [2.45, 2.75) is 26.3 Å². The fourth-order valence-corrected chi connectivity index (χ4v) is 1.64. The van der Waals surface area contributed by atoms with Crippen molar-refractivity contribution in [1.82, 2.24) is 10.2 Å². The van der Waals surface area contributed by atoms with Crippen LogP contribution in [-0.4, -0.2) is 41.8 Å². The van der Waals surface area contributed by atoms with Crippen LogP contribution in [0.1, 0.15) is 20.3 Å². The first kappa shape index (κ1) is 12.6. The van der Waals surface area contributed by atoms with E-state index in [0.29, 0.717) is 12.3 Å². The summed E-state index contributed by atoms with van der Waals surface area (Å²) in [6, 6.07) is -0.640. The van der Waals surface area contributed by atoms with Gasteiger partial charge in [-0.2, -0.15) is 0 Å². The highest BCUT2D eigenvalue weighted by Gasteiger charge is 2.29. The van der Waals surface area contributed by atoms with Gasteiger partial charge < -0.3 is 10.6 Å². The van der Waals surface area contributed by atoms with Crippen LogP contribution in [0.15, 0.2) is 0 Å². The van der Waals surface area contributed by atoms with Gasteiger partial charge >= 0.3 is 0 Å². The lowest BCUT2D eigenvalue weighted by molar-refractivity contribution is -0.146. The second-order valence-corrected chi connectivity index (χ2v) is 4.40. The quantitative estimate of drug-likeness (QED) is 0.595. The van der Waals surface area contributed by atoms with Crippen LogP contribution >= 0.6 is 0 Å². The number of piperazine rings is 1. The number of amides is 3. The fraction of sp³-hybridized carbons (Fsp3) is 0.700. The molecule has 0 aromatic heterocycles. The van der Waals surface area contributed by atoms with Gasteiger partial charge in [0.15, 0.2) is 0 Å². The summed E-state index contributed by atoms with van der Waals surface area (Å²) in [5.74, 6) is -0.951. The molecule has 0 radical (unpaired) electrons. The molecule has 1 fully saturated rings. The number of nitrogens with one attached hydrogen (secondary N) is 1. The Labute approximate surface area is 94.2 Å². The van der Waals surface area contributed by atoms with E-state index in [1.165, 1.54) is 4.90 Å². The van der Waals surface area contributed by atoms with Crippen LogP contribution in [-0.2, 0) is 14.4 Å². The smallest absolute Gasteiger partial charge is 0.246 e. The lowest BCUT2D eigenvalue weighted by atomic mass is 10.0. The lowest BCUT2D eigenvalue weighted by Crippen LogP contribution is -2.56. The Morgan fingerprint density at radius 2 is 1.88 bits per heavy atom. The Morgan fingerprint density at radius 1 is 1.38 bits per heavy atom. The molecular weight excluding hydrogens is 210 g/mol. The highest BCUT2D eigenvalue weighted by molar-refractivity contribution is 6.03. The second kappa shape index (κ2) is 5.07. The maximum atomic E-state index is 11.8. The van der Waals surface area contributed by atoms with E-state index in [-0.39, 0.29) is 19.0 Å². The molecule has 6 heteroatoms. The Balaban J connectivity index is 2.59. The predicted molar refractivity (Wildman–Crippen MR) is 57.2 cm³/mol. The van der Waals surface area contributed by atoms with E-state index in [1.54, 1.807) is 0 Å². The summed E-state index contributed by atoms with van der Waals surface area (Å²) in [6.45, 7) is 3.75. The van der Waals surface area contributed by atoms with Gasteiger partial charge in [0.2, 0.25) is 17.7 Å². The SMILES string of the molecule is CC(C)CC(N)C(=O)N1CC(=O)NC(=O)C1. The van der Waals surface area contributed by atoms with Gasteiger partial charge in [0.05, 0.1) is 6.04 Å². The van der Waals surface area contributed by atoms with Gasteiger partial charge in [-0.1, -0.05) is 13.8 Å². The molecule has 1 heterocycles. The number of rotatable bonds is 3. The van der Waals surface area contributed by atoms with Crippen molar-refractivity contribution in [1.29, 1.82) is 0 Å². The van der Waals surface area contributed by atoms with Crippen LogP contribution in [0, 0.1) is 5.92 Å². The van der Waals surface area contributed by atoms with E-state index in [9.17, 15) is 14.4 Å². The lowest BCUT2D eigenvalue weighted by Gasteiger charge is -2.28. The molecule has 0 saturated carbocycles. The molecule has 3 amide bonds. The summed E-state index contributed by atoms with van der Waals surface area (Å²) in [5, 5.41) is 2.13. The minimum Gasteiger partial charge on any atom is -0.323 e. The number of hydrogen-bond donors (Lipinski definition) is 2. The third kappa shape index (κ3) is 3.30. The zero-order valence-electron chi connectivity index (χ0n) is 9.53. The Hall–Kier alpha value is -1.43. The molecule has 3 N–H and O–H groups in total. The summed E-state index contributed by atoms with van der Waals surface area (Å²) in [6.07, 6.45) is 0.547. The largest absolute Gasteiger partial charge is 0.323 e. The molecule has 1 saturated heterocycles. The molecule has 0 aliphatic carbocycles. The molecule has 0 aromatic rings. The second-order valence-electron chi connectivity index (χ2n) is 4.40. The molecular formula is C10H17N3O3. The average molecular weight is 227 g/mol. The van der Waals surface area contributed by atoms with Crippen molar-refractivity contribution in [3.05, 3.63) is 0 Å². The van der Waals surface area contributed by atoms with Crippen LogP contribution in [0.2, 0.25) is 0 Å². The molecule has 16 heavy (non-hydrogen) atoms. The van der Waals surface area contributed by atoms with Crippen molar-refractivity contribution in [3.8, 4) is 0 Å². The normalized spacial score (nSPS) is 18.6. The molecule has 6 nitrogen and oxygen atoms in total. The zero-order valence-corrected chi connectivity index (χ0v) is 9.53. The van der Waals surface area contributed by atoms with Crippen molar-refractivity contribution in [2.75, 3.05) is 13.1 Å². The summed E-state index contributed by atoms with van der Waals surface area (Å²) in [5.41, 5.74) is 5.71. The molecule has 90 valence electrons. The van der Waals surface area contributed by atoms with E-state index in [4.69, 9.17) is 5.73 Å². The van der Waals surface area contributed by atoms with Gasteiger partial charge in [-0.25, -0.2) is 0 Å². The first-order chi connectivity index (χ1) is 7.40. The molecule has 0 spiro atoms. The van der Waals surface area contributed by atoms with Crippen LogP contribution < -0.4 is 11.1 Å². The first-order valence-electron chi connectivity index (χ1n) is 5.27. The molecule has 1 aliphatic rings. The standard InChI is InChI=1S/C10H17N3O3/c1-6(2)3-7(11)10(16)13-4-8(14)12-9(15)5-13/h6-7H,3-5,11H2,1-2H3,(H,12,14,15). The average Bonchev–Trinajstić information content (AvgIpc) is 2.13. The Bertz CT molecular complexity index is 298. The van der Waals surface area contributed by atoms with Crippen LogP contribution in [0.25, 0.3) is 0 Å². The number of hydrogen-bond acceptors (Lipinski definition) is 4. The first-order valence-corrected chi connectivity index (χ1v) is 5.27. The van der Waals surface area contributed by atoms with E-state index < -0.39 is 17.9 Å². The van der Waals surface area contributed by atoms with Gasteiger partial charge in [-0.3, -0.25) is 19.7 Å². The van der Waals surface area contributed by atoms with Crippen molar-refractivity contribution in [3.63, 3.8) is 0 Å². The summed E-state index contributed by atoms with van der Waals surface area (Å²) in [7, 11) is 0. The van der Waals surface area contributed by atoms with Crippen molar-refractivity contribution in [2.24, 2.45) is 11.7 Å². The Morgan fingerprint density at radius 3 is 2.31 bits per heavy atom. The third-order valence-electron chi connectivity index (χ3n) is 2.30. The van der Waals surface area contributed by atoms with Gasteiger partial charge in [-0.15, -0.1) is 0 Å². The highest BCUT2D eigenvalue weighted by atomic mass is 16.2.